The fourth-order valence-electron chi connectivity index (χ4n) is 1.76. The highest BCUT2D eigenvalue weighted by Gasteiger charge is 2.12. The van der Waals surface area contributed by atoms with E-state index in [1.54, 1.807) is 17.5 Å². The van der Waals surface area contributed by atoms with Crippen LogP contribution in [0.3, 0.4) is 0 Å². The molecule has 3 nitrogen and oxygen atoms in total. The zero-order valence-electron chi connectivity index (χ0n) is 9.64. The number of nitrogens with zero attached hydrogens (tertiary/aromatic N) is 2. The Hall–Kier alpha value is -1.46. The Morgan fingerprint density at radius 1 is 1.22 bits per heavy atom. The summed E-state index contributed by atoms with van der Waals surface area (Å²) in [6, 6.07) is 8.19. The van der Waals surface area contributed by atoms with Crippen LogP contribution in [0, 0.1) is 6.92 Å². The number of aryl methyl sites for hydroxylation is 1. The second-order valence-electron chi connectivity index (χ2n) is 3.87. The lowest BCUT2D eigenvalue weighted by molar-refractivity contribution is 1.27. The van der Waals surface area contributed by atoms with E-state index in [4.69, 9.17) is 0 Å². The molecule has 0 fully saturated rings. The van der Waals surface area contributed by atoms with Gasteiger partial charge in [0.1, 0.15) is 0 Å². The zero-order chi connectivity index (χ0) is 12.5. The lowest BCUT2D eigenvalue weighted by atomic mass is 10.1. The van der Waals surface area contributed by atoms with Gasteiger partial charge in [0.25, 0.3) is 0 Å². The molecule has 1 aromatic carbocycles. The van der Waals surface area contributed by atoms with Crippen molar-refractivity contribution in [3.05, 3.63) is 46.0 Å². The summed E-state index contributed by atoms with van der Waals surface area (Å²) < 4.78 is 1.07. The molecule has 0 aliphatic carbocycles. The number of nitrogens with one attached hydrogen (secondary N) is 1. The van der Waals surface area contributed by atoms with Crippen LogP contribution in [0.1, 0.15) is 4.88 Å². The minimum atomic E-state index is 0.825. The summed E-state index contributed by atoms with van der Waals surface area (Å²) in [7, 11) is 0. The highest BCUT2D eigenvalue weighted by atomic mass is 79.9. The predicted octanol–water partition coefficient (Wildman–Crippen LogP) is 4.27. The largest absolute Gasteiger partial charge is 0.343 e. The third-order valence-corrected chi connectivity index (χ3v) is 4.12. The van der Waals surface area contributed by atoms with Gasteiger partial charge in [-0.25, -0.2) is 9.97 Å². The number of benzene rings is 1. The number of H-pyrrole nitrogens is 1. The number of hydrogen-bond acceptors (Lipinski definition) is 3. The van der Waals surface area contributed by atoms with Crippen molar-refractivity contribution in [2.75, 3.05) is 0 Å². The van der Waals surface area contributed by atoms with Gasteiger partial charge in [0.05, 0.1) is 5.69 Å². The summed E-state index contributed by atoms with van der Waals surface area (Å²) in [5.74, 6) is 0.825. The standard InChI is InChI=1S/C13H10BrN3S/c1-8-11(9-2-4-10(14)5-3-9)17-13(18-8)12-15-6-7-16-12/h2-7H,1H3,(H,15,16). The fraction of sp³-hybridized carbons (Fsp3) is 0.0769. The third-order valence-electron chi connectivity index (χ3n) is 2.62. The van der Waals surface area contributed by atoms with Gasteiger partial charge >= 0.3 is 0 Å². The number of halogens is 1. The number of hydrogen-bond donors (Lipinski definition) is 1. The van der Waals surface area contributed by atoms with Gasteiger partial charge in [0.15, 0.2) is 10.8 Å². The molecule has 3 aromatic rings. The molecule has 0 saturated heterocycles. The highest BCUT2D eigenvalue weighted by molar-refractivity contribution is 9.10. The molecule has 2 aromatic heterocycles. The van der Waals surface area contributed by atoms with Crippen LogP contribution >= 0.6 is 27.3 Å². The molecule has 0 atom stereocenters. The smallest absolute Gasteiger partial charge is 0.166 e. The molecule has 1 N–H and O–H groups in total. The van der Waals surface area contributed by atoms with Crippen molar-refractivity contribution in [1.29, 1.82) is 0 Å². The van der Waals surface area contributed by atoms with E-state index in [9.17, 15) is 0 Å². The number of aromatic nitrogens is 3. The van der Waals surface area contributed by atoms with Crippen molar-refractivity contribution < 1.29 is 0 Å². The van der Waals surface area contributed by atoms with Crippen LogP contribution in [0.5, 0.6) is 0 Å². The summed E-state index contributed by atoms with van der Waals surface area (Å²) in [4.78, 5) is 13.2. The van der Waals surface area contributed by atoms with Crippen molar-refractivity contribution in [2.45, 2.75) is 6.92 Å². The van der Waals surface area contributed by atoms with Gasteiger partial charge in [0, 0.05) is 27.3 Å². The van der Waals surface area contributed by atoms with E-state index in [2.05, 4.69) is 49.9 Å². The SMILES string of the molecule is Cc1sc(-c2ncc[nH]2)nc1-c1ccc(Br)cc1. The van der Waals surface area contributed by atoms with Gasteiger partial charge in [-0.1, -0.05) is 28.1 Å². The first-order valence-electron chi connectivity index (χ1n) is 5.47. The Morgan fingerprint density at radius 3 is 2.67 bits per heavy atom. The van der Waals surface area contributed by atoms with Crippen LogP contribution in [-0.4, -0.2) is 15.0 Å². The van der Waals surface area contributed by atoms with Crippen LogP contribution in [0.2, 0.25) is 0 Å². The molecule has 0 unspecified atom stereocenters. The summed E-state index contributed by atoms with van der Waals surface area (Å²) in [6.45, 7) is 2.08. The van der Waals surface area contributed by atoms with Crippen molar-refractivity contribution in [3.8, 4) is 22.1 Å². The average molecular weight is 320 g/mol. The topological polar surface area (TPSA) is 41.6 Å². The van der Waals surface area contributed by atoms with Gasteiger partial charge in [0.2, 0.25) is 0 Å². The maximum atomic E-state index is 4.66. The van der Waals surface area contributed by atoms with E-state index >= 15 is 0 Å². The van der Waals surface area contributed by atoms with Crippen LogP contribution in [0.4, 0.5) is 0 Å². The van der Waals surface area contributed by atoms with E-state index in [1.807, 2.05) is 18.3 Å². The molecule has 2 heterocycles. The van der Waals surface area contributed by atoms with Gasteiger partial charge < -0.3 is 4.98 Å². The molecule has 0 radical (unpaired) electrons. The molecule has 0 bridgehead atoms. The average Bonchev–Trinajstić information content (AvgIpc) is 2.99. The lowest BCUT2D eigenvalue weighted by Crippen LogP contribution is -1.82. The quantitative estimate of drug-likeness (QED) is 0.766. The Bertz CT molecular complexity index is 656. The number of rotatable bonds is 2. The van der Waals surface area contributed by atoms with Gasteiger partial charge in [-0.15, -0.1) is 11.3 Å². The van der Waals surface area contributed by atoms with Crippen molar-refractivity contribution in [3.63, 3.8) is 0 Å². The van der Waals surface area contributed by atoms with Crippen LogP contribution < -0.4 is 0 Å². The van der Waals surface area contributed by atoms with E-state index in [1.165, 1.54) is 4.88 Å². The van der Waals surface area contributed by atoms with Gasteiger partial charge in [-0.3, -0.25) is 0 Å². The molecular weight excluding hydrogens is 310 g/mol. The number of aromatic amines is 1. The maximum Gasteiger partial charge on any atom is 0.166 e. The van der Waals surface area contributed by atoms with Crippen LogP contribution in [0.25, 0.3) is 22.1 Å². The van der Waals surface area contributed by atoms with Gasteiger partial charge in [-0.05, 0) is 19.1 Å². The Kier molecular flexibility index (Phi) is 3.01. The molecule has 0 aliphatic heterocycles. The highest BCUT2D eigenvalue weighted by Crippen LogP contribution is 2.32. The molecule has 5 heteroatoms. The zero-order valence-corrected chi connectivity index (χ0v) is 12.0. The lowest BCUT2D eigenvalue weighted by Gasteiger charge is -1.98. The van der Waals surface area contributed by atoms with E-state index in [0.717, 1.165) is 26.6 Å². The maximum absolute atomic E-state index is 4.66. The van der Waals surface area contributed by atoms with E-state index in [0.29, 0.717) is 0 Å². The molecule has 0 saturated carbocycles. The van der Waals surface area contributed by atoms with E-state index in [-0.39, 0.29) is 0 Å². The first-order valence-corrected chi connectivity index (χ1v) is 7.08. The first kappa shape index (κ1) is 11.6. The molecule has 90 valence electrons. The first-order chi connectivity index (χ1) is 8.74. The molecule has 0 aliphatic rings. The Labute approximate surface area is 117 Å². The number of imidazole rings is 1. The predicted molar refractivity (Wildman–Crippen MR) is 77.6 cm³/mol. The second-order valence-corrected chi connectivity index (χ2v) is 5.99. The Morgan fingerprint density at radius 2 is 2.00 bits per heavy atom. The van der Waals surface area contributed by atoms with Crippen LogP contribution in [0.15, 0.2) is 41.1 Å². The molecular formula is C13H10BrN3S. The molecule has 0 spiro atoms. The van der Waals surface area contributed by atoms with Crippen molar-refractivity contribution >= 4 is 27.3 Å². The second kappa shape index (κ2) is 4.66. The molecule has 18 heavy (non-hydrogen) atoms. The van der Waals surface area contributed by atoms with Crippen molar-refractivity contribution in [1.82, 2.24) is 15.0 Å². The molecule has 3 rings (SSSR count). The fourth-order valence-corrected chi connectivity index (χ4v) is 2.92. The monoisotopic (exact) mass is 319 g/mol. The summed E-state index contributed by atoms with van der Waals surface area (Å²) in [6.07, 6.45) is 3.55. The third kappa shape index (κ3) is 2.11. The summed E-state index contributed by atoms with van der Waals surface area (Å²) in [5.41, 5.74) is 2.16. The summed E-state index contributed by atoms with van der Waals surface area (Å²) >= 11 is 5.09. The van der Waals surface area contributed by atoms with E-state index < -0.39 is 0 Å². The minimum Gasteiger partial charge on any atom is -0.343 e. The summed E-state index contributed by atoms with van der Waals surface area (Å²) in [5, 5.41) is 0.926. The molecule has 0 amide bonds. The van der Waals surface area contributed by atoms with Gasteiger partial charge in [-0.2, -0.15) is 0 Å². The van der Waals surface area contributed by atoms with Crippen molar-refractivity contribution in [2.24, 2.45) is 0 Å². The minimum absolute atomic E-state index is 0.825. The normalized spacial score (nSPS) is 10.8. The number of thiazole rings is 1. The Balaban J connectivity index is 2.06. The van der Waals surface area contributed by atoms with Crippen LogP contribution in [-0.2, 0) is 0 Å².